The fraction of sp³-hybridized carbons (Fsp3) is 0.182. The van der Waals surface area contributed by atoms with Gasteiger partial charge in [-0.25, -0.2) is 0 Å². The van der Waals surface area contributed by atoms with Crippen LogP contribution in [0.25, 0.3) is 0 Å². The maximum Gasteiger partial charge on any atom is 0.0794 e. The Labute approximate surface area is 107 Å². The third kappa shape index (κ3) is 3.04. The highest BCUT2D eigenvalue weighted by atomic mass is 79.9. The van der Waals surface area contributed by atoms with Crippen LogP contribution in [-0.2, 0) is 13.1 Å². The molecule has 0 unspecified atom stereocenters. The van der Waals surface area contributed by atoms with Crippen LogP contribution in [-0.4, -0.2) is 4.98 Å². The van der Waals surface area contributed by atoms with E-state index in [9.17, 15) is 0 Å². The zero-order chi connectivity index (χ0) is 11.4. The molecule has 16 heavy (non-hydrogen) atoms. The van der Waals surface area contributed by atoms with Crippen molar-refractivity contribution in [1.82, 2.24) is 10.3 Å². The molecule has 3 nitrogen and oxygen atoms in total. The van der Waals surface area contributed by atoms with Gasteiger partial charge in [0.2, 0.25) is 0 Å². The third-order valence-corrected chi connectivity index (χ3v) is 3.72. The number of hydrogen-bond donors (Lipinski definition) is 2. The van der Waals surface area contributed by atoms with E-state index >= 15 is 0 Å². The summed E-state index contributed by atoms with van der Waals surface area (Å²) in [5.74, 6) is 0. The second-order valence-corrected chi connectivity index (χ2v) is 5.25. The minimum Gasteiger partial charge on any atom is -0.399 e. The van der Waals surface area contributed by atoms with Crippen LogP contribution < -0.4 is 11.1 Å². The predicted octanol–water partition coefficient (Wildman–Crippen LogP) is 2.78. The van der Waals surface area contributed by atoms with E-state index in [2.05, 4.69) is 26.2 Å². The number of thiazole rings is 1. The quantitative estimate of drug-likeness (QED) is 0.853. The van der Waals surface area contributed by atoms with Gasteiger partial charge in [0.1, 0.15) is 0 Å². The Morgan fingerprint density at radius 3 is 3.00 bits per heavy atom. The van der Waals surface area contributed by atoms with Gasteiger partial charge in [-0.2, -0.15) is 0 Å². The molecule has 5 heteroatoms. The maximum atomic E-state index is 5.74. The van der Waals surface area contributed by atoms with Gasteiger partial charge in [0.15, 0.2) is 0 Å². The SMILES string of the molecule is Nc1ccc(Br)c(CNCc2cncs2)c1. The summed E-state index contributed by atoms with van der Waals surface area (Å²) >= 11 is 5.16. The Balaban J connectivity index is 1.92. The minimum atomic E-state index is 0.790. The summed E-state index contributed by atoms with van der Waals surface area (Å²) < 4.78 is 1.08. The molecular weight excluding hydrogens is 286 g/mol. The molecule has 1 heterocycles. The number of rotatable bonds is 4. The Bertz CT molecular complexity index is 456. The first-order chi connectivity index (χ1) is 7.75. The van der Waals surface area contributed by atoms with E-state index in [4.69, 9.17) is 5.73 Å². The van der Waals surface area contributed by atoms with Crippen molar-refractivity contribution in [2.24, 2.45) is 0 Å². The summed E-state index contributed by atoms with van der Waals surface area (Å²) in [5, 5.41) is 3.36. The normalized spacial score (nSPS) is 10.6. The van der Waals surface area contributed by atoms with Gasteiger partial charge in [-0.1, -0.05) is 15.9 Å². The lowest BCUT2D eigenvalue weighted by Gasteiger charge is -2.06. The Hall–Kier alpha value is -0.910. The molecule has 1 aromatic carbocycles. The topological polar surface area (TPSA) is 50.9 Å². The van der Waals surface area contributed by atoms with Crippen molar-refractivity contribution >= 4 is 33.0 Å². The van der Waals surface area contributed by atoms with Crippen LogP contribution in [0.5, 0.6) is 0 Å². The molecule has 0 aliphatic carbocycles. The summed E-state index contributed by atoms with van der Waals surface area (Å²) in [5.41, 5.74) is 9.54. The first kappa shape index (κ1) is 11.6. The molecule has 3 N–H and O–H groups in total. The van der Waals surface area contributed by atoms with Crippen molar-refractivity contribution in [3.05, 3.63) is 44.8 Å². The average Bonchev–Trinajstić information content (AvgIpc) is 2.76. The van der Waals surface area contributed by atoms with Crippen molar-refractivity contribution in [2.45, 2.75) is 13.1 Å². The molecule has 0 saturated heterocycles. The second-order valence-electron chi connectivity index (χ2n) is 3.42. The molecule has 1 aromatic heterocycles. The predicted molar refractivity (Wildman–Crippen MR) is 71.2 cm³/mol. The lowest BCUT2D eigenvalue weighted by molar-refractivity contribution is 0.698. The third-order valence-electron chi connectivity index (χ3n) is 2.17. The number of anilines is 1. The first-order valence-electron chi connectivity index (χ1n) is 4.87. The van der Waals surface area contributed by atoms with E-state index in [1.165, 1.54) is 10.4 Å². The molecule has 2 aromatic rings. The maximum absolute atomic E-state index is 5.74. The first-order valence-corrected chi connectivity index (χ1v) is 6.55. The van der Waals surface area contributed by atoms with Crippen LogP contribution in [0.1, 0.15) is 10.4 Å². The lowest BCUT2D eigenvalue weighted by Crippen LogP contribution is -2.12. The molecule has 0 saturated carbocycles. The number of aromatic nitrogens is 1. The second kappa shape index (κ2) is 5.43. The highest BCUT2D eigenvalue weighted by molar-refractivity contribution is 9.10. The molecule has 84 valence electrons. The molecule has 0 bridgehead atoms. The number of nitrogens with one attached hydrogen (secondary N) is 1. The van der Waals surface area contributed by atoms with Gasteiger partial charge in [0.25, 0.3) is 0 Å². The van der Waals surface area contributed by atoms with Gasteiger partial charge in [0.05, 0.1) is 5.51 Å². The van der Waals surface area contributed by atoms with Crippen LogP contribution in [0.3, 0.4) is 0 Å². The molecule has 0 aliphatic heterocycles. The molecule has 0 aliphatic rings. The zero-order valence-electron chi connectivity index (χ0n) is 8.61. The van der Waals surface area contributed by atoms with Gasteiger partial charge >= 0.3 is 0 Å². The summed E-state index contributed by atoms with van der Waals surface area (Å²) in [6.07, 6.45) is 1.88. The molecule has 2 rings (SSSR count). The minimum absolute atomic E-state index is 0.790. The van der Waals surface area contributed by atoms with Gasteiger partial charge in [-0.15, -0.1) is 11.3 Å². The van der Waals surface area contributed by atoms with E-state index in [0.717, 1.165) is 23.2 Å². The fourth-order valence-electron chi connectivity index (χ4n) is 1.38. The molecule has 0 atom stereocenters. The zero-order valence-corrected chi connectivity index (χ0v) is 11.0. The van der Waals surface area contributed by atoms with Crippen molar-refractivity contribution < 1.29 is 0 Å². The number of nitrogens with zero attached hydrogens (tertiary/aromatic N) is 1. The number of halogens is 1. The van der Waals surface area contributed by atoms with E-state index in [1.807, 2.05) is 29.9 Å². The van der Waals surface area contributed by atoms with Gasteiger partial charge in [0, 0.05) is 34.3 Å². The average molecular weight is 298 g/mol. The van der Waals surface area contributed by atoms with Gasteiger partial charge in [-0.3, -0.25) is 4.98 Å². The van der Waals surface area contributed by atoms with E-state index in [0.29, 0.717) is 0 Å². The smallest absolute Gasteiger partial charge is 0.0794 e. The molecule has 0 radical (unpaired) electrons. The number of hydrogen-bond acceptors (Lipinski definition) is 4. The van der Waals surface area contributed by atoms with Crippen molar-refractivity contribution in [2.75, 3.05) is 5.73 Å². The van der Waals surface area contributed by atoms with Crippen LogP contribution in [0.15, 0.2) is 34.4 Å². The molecule has 0 fully saturated rings. The summed E-state index contributed by atoms with van der Waals surface area (Å²) in [6, 6.07) is 5.83. The van der Waals surface area contributed by atoms with Crippen LogP contribution in [0, 0.1) is 0 Å². The standard InChI is InChI=1S/C11H12BrN3S/c12-11-2-1-9(13)3-8(11)4-14-5-10-6-15-7-16-10/h1-3,6-7,14H,4-5,13H2. The Morgan fingerprint density at radius 1 is 1.38 bits per heavy atom. The molecule has 0 amide bonds. The monoisotopic (exact) mass is 297 g/mol. The van der Waals surface area contributed by atoms with Crippen molar-refractivity contribution in [1.29, 1.82) is 0 Å². The molecule has 0 spiro atoms. The number of benzene rings is 1. The van der Waals surface area contributed by atoms with Crippen molar-refractivity contribution in [3.8, 4) is 0 Å². The summed E-state index contributed by atoms with van der Waals surface area (Å²) in [7, 11) is 0. The van der Waals surface area contributed by atoms with Gasteiger partial charge < -0.3 is 11.1 Å². The highest BCUT2D eigenvalue weighted by Crippen LogP contribution is 2.19. The number of nitrogens with two attached hydrogens (primary N) is 1. The Kier molecular flexibility index (Phi) is 3.93. The summed E-state index contributed by atoms with van der Waals surface area (Å²) in [4.78, 5) is 5.26. The van der Waals surface area contributed by atoms with Crippen LogP contribution in [0.4, 0.5) is 5.69 Å². The lowest BCUT2D eigenvalue weighted by atomic mass is 10.2. The number of nitrogen functional groups attached to an aromatic ring is 1. The fourth-order valence-corrected chi connectivity index (χ4v) is 2.33. The molecular formula is C11H12BrN3S. The Morgan fingerprint density at radius 2 is 2.25 bits per heavy atom. The van der Waals surface area contributed by atoms with E-state index in [-0.39, 0.29) is 0 Å². The van der Waals surface area contributed by atoms with Gasteiger partial charge in [-0.05, 0) is 23.8 Å². The van der Waals surface area contributed by atoms with Crippen molar-refractivity contribution in [3.63, 3.8) is 0 Å². The van der Waals surface area contributed by atoms with Crippen LogP contribution in [0.2, 0.25) is 0 Å². The highest BCUT2D eigenvalue weighted by Gasteiger charge is 2.00. The van der Waals surface area contributed by atoms with E-state index in [1.54, 1.807) is 11.3 Å². The van der Waals surface area contributed by atoms with Crippen LogP contribution >= 0.6 is 27.3 Å². The summed E-state index contributed by atoms with van der Waals surface area (Å²) in [6.45, 7) is 1.63. The largest absolute Gasteiger partial charge is 0.399 e. The van der Waals surface area contributed by atoms with E-state index < -0.39 is 0 Å².